The molecule has 0 bridgehead atoms. The maximum absolute atomic E-state index is 13.2. The Balaban J connectivity index is 1.31. The van der Waals surface area contributed by atoms with Crippen LogP contribution in [0.25, 0.3) is 16.6 Å². The van der Waals surface area contributed by atoms with Gasteiger partial charge in [0.2, 0.25) is 0 Å². The fourth-order valence-corrected chi connectivity index (χ4v) is 6.37. The number of carbonyl (C=O) groups excluding carboxylic acids is 1. The first kappa shape index (κ1) is 27.7. The fourth-order valence-electron chi connectivity index (χ4n) is 3.98. The molecule has 5 aromatic rings. The molecule has 0 saturated heterocycles. The van der Waals surface area contributed by atoms with E-state index >= 15 is 0 Å². The molecule has 0 aliphatic carbocycles. The number of aromatic nitrogens is 2. The van der Waals surface area contributed by atoms with Crippen molar-refractivity contribution in [3.05, 3.63) is 115 Å². The van der Waals surface area contributed by atoms with Crippen LogP contribution < -0.4 is 26.6 Å². The SMILES string of the molecule is N#Cc1cccc(CNc2ccc3c(=O)n(-c4ccc(NC(=O)NS(=O)(=O)c5ccc(Cl)s5)cc4)c(=O)[nH]c3c2)c1. The Bertz CT molecular complexity index is 2060. The molecule has 0 spiro atoms. The van der Waals surface area contributed by atoms with E-state index in [-0.39, 0.29) is 25.3 Å². The van der Waals surface area contributed by atoms with Crippen LogP contribution in [-0.2, 0) is 16.6 Å². The van der Waals surface area contributed by atoms with Crippen LogP contribution in [0.3, 0.4) is 0 Å². The number of amides is 2. The van der Waals surface area contributed by atoms with Crippen molar-refractivity contribution < 1.29 is 13.2 Å². The molecule has 3 aromatic carbocycles. The smallest absolute Gasteiger partial charge is 0.333 e. The van der Waals surface area contributed by atoms with E-state index in [2.05, 4.69) is 21.7 Å². The van der Waals surface area contributed by atoms with Gasteiger partial charge in [0.15, 0.2) is 0 Å². The molecular weight excluding hydrogens is 588 g/mol. The van der Waals surface area contributed by atoms with Gasteiger partial charge in [0.1, 0.15) is 4.21 Å². The van der Waals surface area contributed by atoms with E-state index in [1.165, 1.54) is 36.4 Å². The summed E-state index contributed by atoms with van der Waals surface area (Å²) in [5, 5.41) is 15.0. The molecular formula is C27H19ClN6O5S2. The van der Waals surface area contributed by atoms with Gasteiger partial charge in [-0.3, -0.25) is 4.79 Å². The number of sulfonamides is 1. The summed E-state index contributed by atoms with van der Waals surface area (Å²) in [6, 6.07) is 21.6. The minimum Gasteiger partial charge on any atom is -0.381 e. The average molecular weight is 607 g/mol. The summed E-state index contributed by atoms with van der Waals surface area (Å²) in [6.45, 7) is 0.440. The van der Waals surface area contributed by atoms with Crippen molar-refractivity contribution in [2.45, 2.75) is 10.8 Å². The number of benzene rings is 3. The minimum atomic E-state index is -4.10. The summed E-state index contributed by atoms with van der Waals surface area (Å²) >= 11 is 6.57. The van der Waals surface area contributed by atoms with Gasteiger partial charge in [-0.1, -0.05) is 23.7 Å². The molecule has 11 nitrogen and oxygen atoms in total. The van der Waals surface area contributed by atoms with Gasteiger partial charge in [0.05, 0.1) is 32.6 Å². The van der Waals surface area contributed by atoms with E-state index in [4.69, 9.17) is 16.9 Å². The third kappa shape index (κ3) is 6.15. The second-order valence-corrected chi connectivity index (χ2v) is 12.3. The number of anilines is 2. The maximum atomic E-state index is 13.2. The van der Waals surface area contributed by atoms with Crippen LogP contribution in [0.4, 0.5) is 16.2 Å². The molecule has 5 rings (SSSR count). The molecule has 2 heterocycles. The third-order valence-electron chi connectivity index (χ3n) is 5.87. The van der Waals surface area contributed by atoms with Crippen molar-refractivity contribution in [1.82, 2.24) is 14.3 Å². The average Bonchev–Trinajstić information content (AvgIpc) is 3.40. The monoisotopic (exact) mass is 606 g/mol. The Labute approximate surface area is 241 Å². The van der Waals surface area contributed by atoms with Crippen LogP contribution in [0.1, 0.15) is 11.1 Å². The Morgan fingerprint density at radius 1 is 1.00 bits per heavy atom. The first-order chi connectivity index (χ1) is 19.6. The Morgan fingerprint density at radius 2 is 1.76 bits per heavy atom. The Hall–Kier alpha value is -4.90. The summed E-state index contributed by atoms with van der Waals surface area (Å²) in [7, 11) is -4.10. The lowest BCUT2D eigenvalue weighted by molar-refractivity contribution is 0.256. The first-order valence-electron chi connectivity index (χ1n) is 11.8. The predicted octanol–water partition coefficient (Wildman–Crippen LogP) is 4.39. The number of nitrogens with one attached hydrogen (secondary N) is 4. The number of thiophene rings is 1. The molecule has 0 saturated carbocycles. The number of hydrogen-bond donors (Lipinski definition) is 4. The highest BCUT2D eigenvalue weighted by Crippen LogP contribution is 2.25. The van der Waals surface area contributed by atoms with Crippen molar-refractivity contribution in [3.63, 3.8) is 0 Å². The highest BCUT2D eigenvalue weighted by molar-refractivity contribution is 7.92. The molecule has 0 unspecified atom stereocenters. The van der Waals surface area contributed by atoms with Crippen LogP contribution in [0.2, 0.25) is 4.34 Å². The van der Waals surface area contributed by atoms with Crippen LogP contribution in [-0.4, -0.2) is 24.0 Å². The molecule has 2 amide bonds. The highest BCUT2D eigenvalue weighted by Gasteiger charge is 2.20. The zero-order valence-electron chi connectivity index (χ0n) is 20.8. The van der Waals surface area contributed by atoms with Crippen LogP contribution in [0, 0.1) is 11.3 Å². The molecule has 0 aliphatic rings. The van der Waals surface area contributed by atoms with Gasteiger partial charge >= 0.3 is 11.7 Å². The summed E-state index contributed by atoms with van der Waals surface area (Å²) in [6.07, 6.45) is 0. The normalized spacial score (nSPS) is 11.1. The van der Waals surface area contributed by atoms with Gasteiger partial charge in [-0.2, -0.15) is 5.26 Å². The zero-order valence-corrected chi connectivity index (χ0v) is 23.2. The number of fused-ring (bicyclic) bond motifs is 1. The molecule has 0 radical (unpaired) electrons. The second-order valence-electron chi connectivity index (χ2n) is 8.66. The lowest BCUT2D eigenvalue weighted by Gasteiger charge is -2.11. The number of H-pyrrole nitrogens is 1. The summed E-state index contributed by atoms with van der Waals surface area (Å²) in [4.78, 5) is 41.0. The Morgan fingerprint density at radius 3 is 2.46 bits per heavy atom. The molecule has 2 aromatic heterocycles. The van der Waals surface area contributed by atoms with Gasteiger partial charge in [-0.05, 0) is 72.3 Å². The van der Waals surface area contributed by atoms with Crippen molar-refractivity contribution in [1.29, 1.82) is 5.26 Å². The number of nitrogens with zero attached hydrogens (tertiary/aromatic N) is 2. The zero-order chi connectivity index (χ0) is 29.1. The largest absolute Gasteiger partial charge is 0.381 e. The lowest BCUT2D eigenvalue weighted by Crippen LogP contribution is -2.34. The second kappa shape index (κ2) is 11.3. The third-order valence-corrected chi connectivity index (χ3v) is 8.93. The maximum Gasteiger partial charge on any atom is 0.333 e. The van der Waals surface area contributed by atoms with E-state index in [1.54, 1.807) is 36.4 Å². The number of aromatic amines is 1. The molecule has 14 heteroatoms. The molecule has 206 valence electrons. The van der Waals surface area contributed by atoms with Gasteiger partial charge in [0.25, 0.3) is 15.6 Å². The summed E-state index contributed by atoms with van der Waals surface area (Å²) < 4.78 is 27.6. The number of nitriles is 1. The van der Waals surface area contributed by atoms with Crippen LogP contribution in [0.5, 0.6) is 0 Å². The molecule has 0 fully saturated rings. The number of hydrogen-bond acceptors (Lipinski definition) is 8. The fraction of sp³-hybridized carbons (Fsp3) is 0.0370. The molecule has 4 N–H and O–H groups in total. The van der Waals surface area contributed by atoms with Crippen molar-refractivity contribution in [3.8, 4) is 11.8 Å². The number of carbonyl (C=O) groups is 1. The van der Waals surface area contributed by atoms with E-state index in [1.807, 2.05) is 10.8 Å². The molecule has 41 heavy (non-hydrogen) atoms. The van der Waals surface area contributed by atoms with E-state index in [0.29, 0.717) is 23.3 Å². The van der Waals surface area contributed by atoms with Crippen molar-refractivity contribution >= 4 is 61.3 Å². The molecule has 0 atom stereocenters. The number of halogens is 1. The lowest BCUT2D eigenvalue weighted by atomic mass is 10.1. The van der Waals surface area contributed by atoms with Crippen molar-refractivity contribution in [2.24, 2.45) is 0 Å². The van der Waals surface area contributed by atoms with Crippen LogP contribution in [0.15, 0.2) is 92.7 Å². The summed E-state index contributed by atoms with van der Waals surface area (Å²) in [5.41, 5.74) is 1.72. The minimum absolute atomic E-state index is 0.115. The first-order valence-corrected chi connectivity index (χ1v) is 14.5. The Kier molecular flexibility index (Phi) is 7.62. The van der Waals surface area contributed by atoms with E-state index in [9.17, 15) is 22.8 Å². The highest BCUT2D eigenvalue weighted by atomic mass is 35.5. The van der Waals surface area contributed by atoms with E-state index < -0.39 is 27.3 Å². The van der Waals surface area contributed by atoms with Gasteiger partial charge in [-0.25, -0.2) is 27.3 Å². The van der Waals surface area contributed by atoms with Crippen molar-refractivity contribution in [2.75, 3.05) is 10.6 Å². The van der Waals surface area contributed by atoms with Gasteiger partial charge < -0.3 is 15.6 Å². The standard InChI is InChI=1S/C27H19ClN6O5S2/c28-23-10-11-24(40-23)41(38,39)33-26(36)31-18-4-7-20(8-5-18)34-25(35)21-9-6-19(13-22(21)32-27(34)37)30-15-17-3-1-2-16(12-17)14-29/h1-13,30H,15H2,(H,32,37)(H2,31,33,36). The number of urea groups is 1. The van der Waals surface area contributed by atoms with Crippen LogP contribution >= 0.6 is 22.9 Å². The number of rotatable bonds is 7. The van der Waals surface area contributed by atoms with Gasteiger partial charge in [-0.15, -0.1) is 11.3 Å². The molecule has 0 aliphatic heterocycles. The summed E-state index contributed by atoms with van der Waals surface area (Å²) in [5.74, 6) is 0. The quantitative estimate of drug-likeness (QED) is 0.213. The topological polar surface area (TPSA) is 166 Å². The van der Waals surface area contributed by atoms with Gasteiger partial charge in [0, 0.05) is 17.9 Å². The predicted molar refractivity (Wildman–Crippen MR) is 157 cm³/mol. The van der Waals surface area contributed by atoms with E-state index in [0.717, 1.165) is 21.5 Å².